The number of pyridine rings is 1. The van der Waals surface area contributed by atoms with Gasteiger partial charge in [0.05, 0.1) is 33.5 Å². The number of thiazole rings is 1. The topological polar surface area (TPSA) is 75.2 Å². The Balaban J connectivity index is 1.74. The third-order valence-electron chi connectivity index (χ3n) is 4.17. The van der Waals surface area contributed by atoms with Gasteiger partial charge in [-0.3, -0.25) is 14.6 Å². The van der Waals surface area contributed by atoms with Crippen LogP contribution in [0.1, 0.15) is 41.4 Å². The number of fused-ring (bicyclic) bond motifs is 1. The first kappa shape index (κ1) is 16.6. The lowest BCUT2D eigenvalue weighted by Crippen LogP contribution is -2.40. The Kier molecular flexibility index (Phi) is 4.89. The minimum absolute atomic E-state index is 0.0706. The van der Waals surface area contributed by atoms with Gasteiger partial charge in [-0.15, -0.1) is 11.3 Å². The molecule has 1 atom stereocenters. The summed E-state index contributed by atoms with van der Waals surface area (Å²) in [6.45, 7) is 2.08. The molecule has 0 fully saturated rings. The van der Waals surface area contributed by atoms with Crippen molar-refractivity contribution >= 4 is 28.8 Å². The first-order chi connectivity index (χ1) is 11.6. The van der Waals surface area contributed by atoms with Gasteiger partial charge in [-0.1, -0.05) is 6.92 Å². The number of nitrogens with one attached hydrogen (secondary N) is 1. The summed E-state index contributed by atoms with van der Waals surface area (Å²) >= 11 is 1.66. The molecule has 0 spiro atoms. The molecule has 0 bridgehead atoms. The average Bonchev–Trinajstić information content (AvgIpc) is 3.04. The predicted molar refractivity (Wildman–Crippen MR) is 92.8 cm³/mol. The Bertz CT molecular complexity index is 744. The van der Waals surface area contributed by atoms with Gasteiger partial charge in [0, 0.05) is 13.2 Å². The number of carbonyl (C=O) groups excluding carboxylic acids is 2. The maximum Gasteiger partial charge on any atom is 0.313 e. The zero-order valence-electron chi connectivity index (χ0n) is 13.8. The number of hydrogen-bond donors (Lipinski definition) is 1. The molecule has 0 aliphatic heterocycles. The van der Waals surface area contributed by atoms with Crippen LogP contribution in [0.25, 0.3) is 0 Å². The first-order valence-corrected chi connectivity index (χ1v) is 8.88. The molecule has 2 amide bonds. The van der Waals surface area contributed by atoms with Crippen molar-refractivity contribution in [2.75, 3.05) is 12.4 Å². The summed E-state index contributed by atoms with van der Waals surface area (Å²) in [6, 6.07) is 3.34. The molecule has 1 aliphatic carbocycles. The fourth-order valence-electron chi connectivity index (χ4n) is 2.89. The van der Waals surface area contributed by atoms with Gasteiger partial charge in [-0.05, 0) is 37.8 Å². The number of anilines is 1. The van der Waals surface area contributed by atoms with Crippen LogP contribution < -0.4 is 5.32 Å². The number of nitrogens with zero attached hydrogens (tertiary/aromatic N) is 3. The van der Waals surface area contributed by atoms with Gasteiger partial charge in [0.25, 0.3) is 0 Å². The zero-order chi connectivity index (χ0) is 17.1. The monoisotopic (exact) mass is 344 g/mol. The van der Waals surface area contributed by atoms with Crippen LogP contribution in [0.15, 0.2) is 24.5 Å². The SMILES string of the molecule is CCc1nc2c(s1)C(N(C)C(=O)C(=O)Nc1cccnc1)CCC2. The van der Waals surface area contributed by atoms with Crippen molar-refractivity contribution < 1.29 is 9.59 Å². The molecule has 1 aliphatic rings. The van der Waals surface area contributed by atoms with Crippen molar-refractivity contribution in [3.63, 3.8) is 0 Å². The van der Waals surface area contributed by atoms with E-state index < -0.39 is 11.8 Å². The summed E-state index contributed by atoms with van der Waals surface area (Å²) in [4.78, 5) is 36.0. The Morgan fingerprint density at radius 2 is 2.29 bits per heavy atom. The van der Waals surface area contributed by atoms with Crippen LogP contribution >= 0.6 is 11.3 Å². The number of rotatable bonds is 3. The highest BCUT2D eigenvalue weighted by molar-refractivity contribution is 7.11. The van der Waals surface area contributed by atoms with Gasteiger partial charge in [0.15, 0.2) is 0 Å². The van der Waals surface area contributed by atoms with E-state index in [2.05, 4.69) is 22.2 Å². The van der Waals surface area contributed by atoms with Gasteiger partial charge in [-0.25, -0.2) is 4.98 Å². The van der Waals surface area contributed by atoms with E-state index in [1.54, 1.807) is 41.6 Å². The number of amides is 2. The average molecular weight is 344 g/mol. The molecule has 1 N–H and O–H groups in total. The fraction of sp³-hybridized carbons (Fsp3) is 0.412. The lowest BCUT2D eigenvalue weighted by molar-refractivity contribution is -0.143. The third-order valence-corrected chi connectivity index (χ3v) is 5.51. The number of hydrogen-bond acceptors (Lipinski definition) is 5. The third kappa shape index (κ3) is 3.31. The minimum atomic E-state index is -0.641. The van der Waals surface area contributed by atoms with E-state index in [0.29, 0.717) is 5.69 Å². The van der Waals surface area contributed by atoms with Crippen molar-refractivity contribution in [3.05, 3.63) is 40.1 Å². The minimum Gasteiger partial charge on any atom is -0.330 e. The van der Waals surface area contributed by atoms with Crippen molar-refractivity contribution in [2.45, 2.75) is 38.6 Å². The van der Waals surface area contributed by atoms with E-state index in [-0.39, 0.29) is 6.04 Å². The van der Waals surface area contributed by atoms with Gasteiger partial charge in [0.1, 0.15) is 0 Å². The van der Waals surface area contributed by atoms with Crippen LogP contribution in [0, 0.1) is 0 Å². The number of aromatic nitrogens is 2. The smallest absolute Gasteiger partial charge is 0.313 e. The van der Waals surface area contributed by atoms with Gasteiger partial charge in [-0.2, -0.15) is 0 Å². The van der Waals surface area contributed by atoms with Crippen molar-refractivity contribution in [3.8, 4) is 0 Å². The van der Waals surface area contributed by atoms with Crippen LogP contribution in [0.3, 0.4) is 0 Å². The summed E-state index contributed by atoms with van der Waals surface area (Å²) in [5.41, 5.74) is 1.60. The lowest BCUT2D eigenvalue weighted by Gasteiger charge is -2.30. The van der Waals surface area contributed by atoms with E-state index >= 15 is 0 Å². The molecule has 7 heteroatoms. The second-order valence-corrected chi connectivity index (χ2v) is 6.91. The fourth-order valence-corrected chi connectivity index (χ4v) is 4.12. The van der Waals surface area contributed by atoms with E-state index in [9.17, 15) is 9.59 Å². The number of carbonyl (C=O) groups is 2. The van der Waals surface area contributed by atoms with Crippen LogP contribution in [0.2, 0.25) is 0 Å². The van der Waals surface area contributed by atoms with Gasteiger partial charge >= 0.3 is 11.8 Å². The molecule has 1 unspecified atom stereocenters. The van der Waals surface area contributed by atoms with Gasteiger partial charge < -0.3 is 10.2 Å². The van der Waals surface area contributed by atoms with Crippen LogP contribution in [-0.2, 0) is 22.4 Å². The summed E-state index contributed by atoms with van der Waals surface area (Å²) in [6.07, 6.45) is 6.81. The van der Waals surface area contributed by atoms with E-state index in [1.165, 1.54) is 6.20 Å². The quantitative estimate of drug-likeness (QED) is 0.869. The molecule has 2 heterocycles. The molecular weight excluding hydrogens is 324 g/mol. The van der Waals surface area contributed by atoms with Crippen molar-refractivity contribution in [1.82, 2.24) is 14.9 Å². The summed E-state index contributed by atoms with van der Waals surface area (Å²) in [5.74, 6) is -1.18. The highest BCUT2D eigenvalue weighted by atomic mass is 32.1. The highest BCUT2D eigenvalue weighted by Crippen LogP contribution is 2.37. The Morgan fingerprint density at radius 3 is 3.00 bits per heavy atom. The molecule has 0 saturated carbocycles. The Morgan fingerprint density at radius 1 is 1.46 bits per heavy atom. The molecule has 3 rings (SSSR count). The normalized spacial score (nSPS) is 16.3. The molecule has 2 aromatic heterocycles. The molecule has 126 valence electrons. The Hall–Kier alpha value is -2.28. The Labute approximate surface area is 144 Å². The van der Waals surface area contributed by atoms with Crippen LogP contribution in [0.4, 0.5) is 5.69 Å². The van der Waals surface area contributed by atoms with Crippen LogP contribution in [0.5, 0.6) is 0 Å². The molecule has 0 saturated heterocycles. The maximum atomic E-state index is 12.5. The van der Waals surface area contributed by atoms with E-state index in [0.717, 1.165) is 41.3 Å². The standard InChI is InChI=1S/C17H20N4O2S/c1-3-14-20-12-7-4-8-13(15(12)24-14)21(2)17(23)16(22)19-11-6-5-9-18-10-11/h5-6,9-10,13H,3-4,7-8H2,1-2H3,(H,19,22). The largest absolute Gasteiger partial charge is 0.330 e. The molecule has 2 aromatic rings. The molecule has 0 radical (unpaired) electrons. The molecule has 24 heavy (non-hydrogen) atoms. The van der Waals surface area contributed by atoms with E-state index in [4.69, 9.17) is 0 Å². The first-order valence-electron chi connectivity index (χ1n) is 8.06. The van der Waals surface area contributed by atoms with Crippen molar-refractivity contribution in [2.24, 2.45) is 0 Å². The molecule has 0 aromatic carbocycles. The summed E-state index contributed by atoms with van der Waals surface area (Å²) in [5, 5.41) is 3.69. The molecular formula is C17H20N4O2S. The van der Waals surface area contributed by atoms with Crippen molar-refractivity contribution in [1.29, 1.82) is 0 Å². The number of likely N-dealkylation sites (N-methyl/N-ethyl adjacent to an activating group) is 1. The van der Waals surface area contributed by atoms with E-state index in [1.807, 2.05) is 0 Å². The second kappa shape index (κ2) is 7.09. The van der Waals surface area contributed by atoms with Crippen LogP contribution in [-0.4, -0.2) is 33.7 Å². The zero-order valence-corrected chi connectivity index (χ0v) is 14.6. The lowest BCUT2D eigenvalue weighted by atomic mass is 9.97. The molecule has 6 nitrogen and oxygen atoms in total. The summed E-state index contributed by atoms with van der Waals surface area (Å²) < 4.78 is 0. The summed E-state index contributed by atoms with van der Waals surface area (Å²) in [7, 11) is 1.69. The predicted octanol–water partition coefficient (Wildman–Crippen LogP) is 2.58. The van der Waals surface area contributed by atoms with Gasteiger partial charge in [0.2, 0.25) is 0 Å². The second-order valence-electron chi connectivity index (χ2n) is 5.79. The maximum absolute atomic E-state index is 12.5. The number of aryl methyl sites for hydroxylation is 2. The highest BCUT2D eigenvalue weighted by Gasteiger charge is 2.32.